The van der Waals surface area contributed by atoms with Crippen LogP contribution in [-0.2, 0) is 15.1 Å². The summed E-state index contributed by atoms with van der Waals surface area (Å²) in [6, 6.07) is 5.54. The van der Waals surface area contributed by atoms with Gasteiger partial charge < -0.3 is 14.2 Å². The summed E-state index contributed by atoms with van der Waals surface area (Å²) in [6.45, 7) is 2.69. The largest absolute Gasteiger partial charge is 0.454 e. The molecule has 2 heterocycles. The fraction of sp³-hybridized carbons (Fsp3) is 0.462. The molecule has 90 valence electrons. The number of carbonyl (C=O) groups excluding carboxylic acids is 1. The molecule has 0 amide bonds. The highest BCUT2D eigenvalue weighted by atomic mass is 16.7. The van der Waals surface area contributed by atoms with Crippen molar-refractivity contribution in [2.45, 2.75) is 25.4 Å². The lowest BCUT2D eigenvalue weighted by atomic mass is 9.87. The fourth-order valence-electron chi connectivity index (χ4n) is 2.27. The van der Waals surface area contributed by atoms with Crippen LogP contribution in [0.25, 0.3) is 0 Å². The molecular weight excluding hydrogens is 220 g/mol. The highest BCUT2D eigenvalue weighted by molar-refractivity contribution is 5.88. The third-order valence-electron chi connectivity index (χ3n) is 3.39. The van der Waals surface area contributed by atoms with Crippen molar-refractivity contribution in [2.24, 2.45) is 0 Å². The highest BCUT2D eigenvalue weighted by Gasteiger charge is 2.39. The Bertz CT molecular complexity index is 468. The van der Waals surface area contributed by atoms with Gasteiger partial charge in [0.15, 0.2) is 17.3 Å². The van der Waals surface area contributed by atoms with Crippen LogP contribution in [0.4, 0.5) is 0 Å². The number of carbonyl (C=O) groups is 1. The Kier molecular flexibility index (Phi) is 2.33. The molecule has 0 saturated carbocycles. The highest BCUT2D eigenvalue weighted by Crippen LogP contribution is 2.39. The monoisotopic (exact) mass is 234 g/mol. The topological polar surface area (TPSA) is 44.8 Å². The zero-order valence-corrected chi connectivity index (χ0v) is 9.69. The van der Waals surface area contributed by atoms with Crippen molar-refractivity contribution < 1.29 is 19.0 Å². The van der Waals surface area contributed by atoms with Crippen molar-refractivity contribution in [1.29, 1.82) is 0 Å². The maximum absolute atomic E-state index is 12.0. The zero-order valence-electron chi connectivity index (χ0n) is 9.69. The minimum atomic E-state index is -0.834. The van der Waals surface area contributed by atoms with Crippen LogP contribution in [0.3, 0.4) is 0 Å². The van der Waals surface area contributed by atoms with E-state index < -0.39 is 5.60 Å². The summed E-state index contributed by atoms with van der Waals surface area (Å²) in [5.74, 6) is 1.54. The molecular formula is C13H14O4. The quantitative estimate of drug-likeness (QED) is 0.745. The average molecular weight is 234 g/mol. The summed E-state index contributed by atoms with van der Waals surface area (Å²) in [5.41, 5.74) is 0.00521. The number of benzene rings is 1. The predicted molar refractivity (Wildman–Crippen MR) is 60.1 cm³/mol. The second kappa shape index (κ2) is 3.74. The van der Waals surface area contributed by atoms with Crippen molar-refractivity contribution in [3.05, 3.63) is 23.8 Å². The van der Waals surface area contributed by atoms with Crippen LogP contribution < -0.4 is 9.47 Å². The second-order valence-electron chi connectivity index (χ2n) is 4.48. The number of ether oxygens (including phenoxy) is 3. The molecule has 0 N–H and O–H groups in total. The molecule has 1 fully saturated rings. The van der Waals surface area contributed by atoms with Gasteiger partial charge in [-0.25, -0.2) is 0 Å². The summed E-state index contributed by atoms with van der Waals surface area (Å²) in [6.07, 6.45) is 1.38. The summed E-state index contributed by atoms with van der Waals surface area (Å²) < 4.78 is 16.3. The molecule has 2 aliphatic rings. The standard InChI is InChI=1S/C13H14O4/c1-13(12(14)3-2-6-17-13)9-4-5-10-11(7-9)16-8-15-10/h4-5,7H,2-3,6,8H2,1H3. The molecule has 0 spiro atoms. The number of ketones is 1. The Morgan fingerprint density at radius 3 is 2.88 bits per heavy atom. The van der Waals surface area contributed by atoms with Gasteiger partial charge >= 0.3 is 0 Å². The maximum Gasteiger partial charge on any atom is 0.231 e. The first-order valence-corrected chi connectivity index (χ1v) is 5.77. The summed E-state index contributed by atoms with van der Waals surface area (Å²) in [4.78, 5) is 12.0. The van der Waals surface area contributed by atoms with E-state index in [0.29, 0.717) is 18.8 Å². The van der Waals surface area contributed by atoms with Gasteiger partial charge in [-0.15, -0.1) is 0 Å². The van der Waals surface area contributed by atoms with E-state index in [1.54, 1.807) is 0 Å². The van der Waals surface area contributed by atoms with E-state index in [0.717, 1.165) is 17.7 Å². The van der Waals surface area contributed by atoms with Crippen LogP contribution >= 0.6 is 0 Å². The number of Topliss-reactive ketones (excluding diaryl/α,β-unsaturated/α-hetero) is 1. The maximum atomic E-state index is 12.0. The van der Waals surface area contributed by atoms with Crippen molar-refractivity contribution in [3.8, 4) is 11.5 Å². The molecule has 4 heteroatoms. The van der Waals surface area contributed by atoms with Gasteiger partial charge in [0.1, 0.15) is 5.60 Å². The molecule has 17 heavy (non-hydrogen) atoms. The summed E-state index contributed by atoms with van der Waals surface area (Å²) >= 11 is 0. The zero-order chi connectivity index (χ0) is 11.9. The van der Waals surface area contributed by atoms with E-state index in [2.05, 4.69) is 0 Å². The SMILES string of the molecule is CC1(c2ccc3c(c2)OCO3)OCCCC1=O. The van der Waals surface area contributed by atoms with E-state index in [1.165, 1.54) is 0 Å². The minimum absolute atomic E-state index is 0.127. The van der Waals surface area contributed by atoms with Crippen molar-refractivity contribution in [1.82, 2.24) is 0 Å². The predicted octanol–water partition coefficient (Wildman–Crippen LogP) is 2.01. The molecule has 0 bridgehead atoms. The van der Waals surface area contributed by atoms with Crippen molar-refractivity contribution in [3.63, 3.8) is 0 Å². The molecule has 1 saturated heterocycles. The number of hydrogen-bond acceptors (Lipinski definition) is 4. The van der Waals surface area contributed by atoms with E-state index in [9.17, 15) is 4.79 Å². The first-order chi connectivity index (χ1) is 8.20. The molecule has 1 unspecified atom stereocenters. The van der Waals surface area contributed by atoms with Crippen LogP contribution in [-0.4, -0.2) is 19.2 Å². The first kappa shape index (κ1) is 10.6. The fourth-order valence-corrected chi connectivity index (χ4v) is 2.27. The third-order valence-corrected chi connectivity index (χ3v) is 3.39. The molecule has 4 nitrogen and oxygen atoms in total. The van der Waals surface area contributed by atoms with Gasteiger partial charge in [0.05, 0.1) is 0 Å². The normalized spacial score (nSPS) is 27.2. The molecule has 1 atom stereocenters. The van der Waals surface area contributed by atoms with Gasteiger partial charge in [0.2, 0.25) is 6.79 Å². The Hall–Kier alpha value is -1.55. The lowest BCUT2D eigenvalue weighted by Gasteiger charge is -2.32. The smallest absolute Gasteiger partial charge is 0.231 e. The van der Waals surface area contributed by atoms with Crippen molar-refractivity contribution in [2.75, 3.05) is 13.4 Å². The molecule has 2 aliphatic heterocycles. The molecule has 0 radical (unpaired) electrons. The van der Waals surface area contributed by atoms with Crippen LogP contribution in [0, 0.1) is 0 Å². The minimum Gasteiger partial charge on any atom is -0.454 e. The number of hydrogen-bond donors (Lipinski definition) is 0. The molecule has 0 aliphatic carbocycles. The summed E-state index contributed by atoms with van der Waals surface area (Å²) in [7, 11) is 0. The van der Waals surface area contributed by atoms with Crippen LogP contribution in [0.2, 0.25) is 0 Å². The Morgan fingerprint density at radius 1 is 1.24 bits per heavy atom. The van der Waals surface area contributed by atoms with E-state index in [1.807, 2.05) is 25.1 Å². The number of rotatable bonds is 1. The second-order valence-corrected chi connectivity index (χ2v) is 4.48. The van der Waals surface area contributed by atoms with Gasteiger partial charge in [-0.05, 0) is 31.0 Å². The Morgan fingerprint density at radius 2 is 2.06 bits per heavy atom. The van der Waals surface area contributed by atoms with E-state index in [-0.39, 0.29) is 12.6 Å². The molecule has 1 aromatic rings. The van der Waals surface area contributed by atoms with Gasteiger partial charge in [0.25, 0.3) is 0 Å². The van der Waals surface area contributed by atoms with Crippen LogP contribution in [0.5, 0.6) is 11.5 Å². The number of fused-ring (bicyclic) bond motifs is 1. The lowest BCUT2D eigenvalue weighted by molar-refractivity contribution is -0.151. The summed E-state index contributed by atoms with van der Waals surface area (Å²) in [5, 5.41) is 0. The van der Waals surface area contributed by atoms with Gasteiger partial charge in [-0.1, -0.05) is 6.07 Å². The molecule has 3 rings (SSSR count). The Balaban J connectivity index is 2.00. The van der Waals surface area contributed by atoms with Crippen LogP contribution in [0.1, 0.15) is 25.3 Å². The van der Waals surface area contributed by atoms with Gasteiger partial charge in [0, 0.05) is 13.0 Å². The molecule has 0 aromatic heterocycles. The lowest BCUT2D eigenvalue weighted by Crippen LogP contribution is -2.39. The van der Waals surface area contributed by atoms with Crippen molar-refractivity contribution >= 4 is 5.78 Å². The van der Waals surface area contributed by atoms with Gasteiger partial charge in [-0.2, -0.15) is 0 Å². The van der Waals surface area contributed by atoms with E-state index >= 15 is 0 Å². The Labute approximate surface area is 99.5 Å². The average Bonchev–Trinajstić information content (AvgIpc) is 2.80. The van der Waals surface area contributed by atoms with Crippen LogP contribution in [0.15, 0.2) is 18.2 Å². The first-order valence-electron chi connectivity index (χ1n) is 5.77. The van der Waals surface area contributed by atoms with Gasteiger partial charge in [-0.3, -0.25) is 4.79 Å². The van der Waals surface area contributed by atoms with E-state index in [4.69, 9.17) is 14.2 Å². The third kappa shape index (κ3) is 1.60. The molecule has 1 aromatic carbocycles.